The molecule has 0 spiro atoms. The van der Waals surface area contributed by atoms with Crippen LogP contribution in [-0.2, 0) is 29.1 Å². The van der Waals surface area contributed by atoms with Crippen molar-refractivity contribution in [3.05, 3.63) is 86.4 Å². The Morgan fingerprint density at radius 2 is 1.82 bits per heavy atom. The van der Waals surface area contributed by atoms with Crippen LogP contribution in [0.3, 0.4) is 0 Å². The molecule has 200 valence electrons. The number of carbonyl (C=O) groups is 2. The number of nitrogens with zero attached hydrogens (tertiary/aromatic N) is 2. The van der Waals surface area contributed by atoms with Gasteiger partial charge in [-0.25, -0.2) is 4.98 Å². The molecule has 1 aliphatic rings. The van der Waals surface area contributed by atoms with Gasteiger partial charge in [-0.15, -0.1) is 0 Å². The number of halogens is 2. The summed E-state index contributed by atoms with van der Waals surface area (Å²) >= 11 is 12.4. The number of ether oxygens (including phenoxy) is 1. The van der Waals surface area contributed by atoms with Crippen molar-refractivity contribution >= 4 is 40.8 Å². The van der Waals surface area contributed by atoms with Gasteiger partial charge in [-0.1, -0.05) is 53.5 Å². The molecule has 38 heavy (non-hydrogen) atoms. The lowest BCUT2D eigenvalue weighted by Gasteiger charge is -2.20. The molecule has 3 aromatic rings. The quantitative estimate of drug-likeness (QED) is 0.443. The minimum atomic E-state index is -0.540. The molecule has 2 heterocycles. The van der Waals surface area contributed by atoms with Crippen molar-refractivity contribution in [3.8, 4) is 5.75 Å². The van der Waals surface area contributed by atoms with Crippen molar-refractivity contribution < 1.29 is 14.3 Å². The van der Waals surface area contributed by atoms with Gasteiger partial charge >= 0.3 is 0 Å². The van der Waals surface area contributed by atoms with Crippen molar-refractivity contribution in [2.45, 2.75) is 44.8 Å². The van der Waals surface area contributed by atoms with Crippen molar-refractivity contribution in [3.63, 3.8) is 0 Å². The molecule has 11 heteroatoms. The Balaban J connectivity index is 1.59. The van der Waals surface area contributed by atoms with Crippen LogP contribution in [0, 0.1) is 0 Å². The van der Waals surface area contributed by atoms with Crippen LogP contribution in [-0.4, -0.2) is 40.6 Å². The van der Waals surface area contributed by atoms with Crippen molar-refractivity contribution in [1.29, 1.82) is 0 Å². The van der Waals surface area contributed by atoms with Crippen LogP contribution >= 0.6 is 23.2 Å². The highest BCUT2D eigenvalue weighted by atomic mass is 35.5. The molecule has 0 saturated carbocycles. The van der Waals surface area contributed by atoms with Crippen LogP contribution in [0.25, 0.3) is 0 Å². The van der Waals surface area contributed by atoms with Gasteiger partial charge in [-0.3, -0.25) is 19.0 Å². The summed E-state index contributed by atoms with van der Waals surface area (Å²) in [6, 6.07) is 14.6. The van der Waals surface area contributed by atoms with E-state index in [4.69, 9.17) is 27.9 Å². The maximum Gasteiger partial charge on any atom is 0.294 e. The topological polar surface area (TPSA) is 114 Å². The largest absolute Gasteiger partial charge is 0.493 e. The van der Waals surface area contributed by atoms with Crippen LogP contribution in [0.1, 0.15) is 30.4 Å². The zero-order valence-electron chi connectivity index (χ0n) is 20.7. The van der Waals surface area contributed by atoms with Crippen molar-refractivity contribution in [1.82, 2.24) is 20.2 Å². The number of nitrogens with one attached hydrogen (secondary N) is 3. The molecule has 2 bridgehead atoms. The molecule has 2 amide bonds. The van der Waals surface area contributed by atoms with E-state index in [2.05, 4.69) is 20.9 Å². The van der Waals surface area contributed by atoms with Crippen molar-refractivity contribution in [2.75, 3.05) is 18.5 Å². The summed E-state index contributed by atoms with van der Waals surface area (Å²) in [7, 11) is 0. The highest BCUT2D eigenvalue weighted by molar-refractivity contribution is 6.30. The molecular formula is C27H29Cl2N5O4. The van der Waals surface area contributed by atoms with Gasteiger partial charge in [-0.05, 0) is 43.0 Å². The average molecular weight is 558 g/mol. The van der Waals surface area contributed by atoms with E-state index >= 15 is 0 Å². The third-order valence-corrected chi connectivity index (χ3v) is 6.61. The number of benzene rings is 2. The lowest BCUT2D eigenvalue weighted by molar-refractivity contribution is -0.122. The van der Waals surface area contributed by atoms with Gasteiger partial charge in [0, 0.05) is 36.1 Å². The highest BCUT2D eigenvalue weighted by Gasteiger charge is 2.18. The standard InChI is InChI=1S/C27H29Cl2N5O4/c28-20-9-10-22-19(13-20)14-30-25(36)17-34-23(29)16-32-26(27(34)37)33-21(12-18-6-2-1-3-7-18)15-31-24(35)8-4-5-11-38-22/h1-3,6-7,9-10,13,16,21H,4-5,8,11-12,14-15,17H2,(H,30,36)(H,31,35)(H,32,33)/t21-/m0/s1. The highest BCUT2D eigenvalue weighted by Crippen LogP contribution is 2.23. The van der Waals surface area contributed by atoms with E-state index in [1.807, 2.05) is 30.3 Å². The summed E-state index contributed by atoms with van der Waals surface area (Å²) in [5.74, 6) is 0.126. The van der Waals surface area contributed by atoms with E-state index in [9.17, 15) is 14.4 Å². The Morgan fingerprint density at radius 1 is 1.00 bits per heavy atom. The lowest BCUT2D eigenvalue weighted by Crippen LogP contribution is -2.40. The van der Waals surface area contributed by atoms with Gasteiger partial charge in [0.05, 0.1) is 12.8 Å². The molecule has 3 N–H and O–H groups in total. The fourth-order valence-corrected chi connectivity index (χ4v) is 4.48. The smallest absolute Gasteiger partial charge is 0.294 e. The molecule has 4 rings (SSSR count). The molecular weight excluding hydrogens is 529 g/mol. The van der Waals surface area contributed by atoms with E-state index in [-0.39, 0.29) is 42.6 Å². The first kappa shape index (κ1) is 27.5. The average Bonchev–Trinajstić information content (AvgIpc) is 2.91. The van der Waals surface area contributed by atoms with Gasteiger partial charge in [0.1, 0.15) is 17.4 Å². The number of hydrogen-bond acceptors (Lipinski definition) is 6. The molecule has 2 aromatic carbocycles. The molecule has 0 aliphatic carbocycles. The molecule has 1 aliphatic heterocycles. The summed E-state index contributed by atoms with van der Waals surface area (Å²) in [5.41, 5.74) is 1.19. The number of aromatic nitrogens is 2. The molecule has 0 fully saturated rings. The van der Waals surface area contributed by atoms with Gasteiger partial charge in [-0.2, -0.15) is 0 Å². The molecule has 1 atom stereocenters. The first-order chi connectivity index (χ1) is 18.4. The van der Waals surface area contributed by atoms with Crippen LogP contribution in [0.4, 0.5) is 5.82 Å². The predicted molar refractivity (Wildman–Crippen MR) is 147 cm³/mol. The van der Waals surface area contributed by atoms with E-state index in [1.54, 1.807) is 18.2 Å². The molecule has 0 saturated heterocycles. The van der Waals surface area contributed by atoms with E-state index in [0.29, 0.717) is 48.6 Å². The SMILES string of the molecule is O=C1CCCCOc2ccc(Cl)cc2CNC(=O)Cn2c(Cl)cnc(c2=O)N[C@@H](Cc2ccccc2)CN1. The Hall–Kier alpha value is -3.56. The van der Waals surface area contributed by atoms with Gasteiger partial charge in [0.15, 0.2) is 5.82 Å². The van der Waals surface area contributed by atoms with Gasteiger partial charge < -0.3 is 20.7 Å². The normalized spacial score (nSPS) is 17.4. The summed E-state index contributed by atoms with van der Waals surface area (Å²) in [6.45, 7) is 0.545. The van der Waals surface area contributed by atoms with E-state index in [1.165, 1.54) is 6.20 Å². The molecule has 1 aromatic heterocycles. The summed E-state index contributed by atoms with van der Waals surface area (Å²) in [4.78, 5) is 42.7. The predicted octanol–water partition coefficient (Wildman–Crippen LogP) is 3.57. The third-order valence-electron chi connectivity index (χ3n) is 6.07. The zero-order valence-corrected chi connectivity index (χ0v) is 22.2. The maximum atomic E-state index is 13.2. The number of amides is 2. The second kappa shape index (κ2) is 13.3. The third kappa shape index (κ3) is 7.72. The van der Waals surface area contributed by atoms with Gasteiger partial charge in [0.2, 0.25) is 11.8 Å². The Morgan fingerprint density at radius 3 is 2.63 bits per heavy atom. The van der Waals surface area contributed by atoms with E-state index in [0.717, 1.165) is 10.1 Å². The zero-order chi connectivity index (χ0) is 26.9. The minimum Gasteiger partial charge on any atom is -0.493 e. The number of anilines is 1. The Bertz CT molecular complexity index is 1330. The Labute approximate surface area is 230 Å². The number of fused-ring (bicyclic) bond motifs is 3. The fraction of sp³-hybridized carbons (Fsp3) is 0.333. The molecule has 0 radical (unpaired) electrons. The van der Waals surface area contributed by atoms with Crippen LogP contribution in [0.2, 0.25) is 10.2 Å². The second-order valence-corrected chi connectivity index (χ2v) is 9.81. The van der Waals surface area contributed by atoms with Crippen LogP contribution < -0.4 is 26.2 Å². The lowest BCUT2D eigenvalue weighted by atomic mass is 10.1. The maximum absolute atomic E-state index is 13.2. The van der Waals surface area contributed by atoms with Crippen LogP contribution in [0.5, 0.6) is 5.75 Å². The molecule has 9 nitrogen and oxygen atoms in total. The fourth-order valence-electron chi connectivity index (χ4n) is 4.10. The van der Waals surface area contributed by atoms with Gasteiger partial charge in [0.25, 0.3) is 5.56 Å². The summed E-state index contributed by atoms with van der Waals surface area (Å²) in [5, 5.41) is 9.43. The number of carbonyl (C=O) groups excluding carboxylic acids is 2. The number of rotatable bonds is 2. The summed E-state index contributed by atoms with van der Waals surface area (Å²) in [6.07, 6.45) is 3.53. The molecule has 0 unspecified atom stereocenters. The Kier molecular flexibility index (Phi) is 9.62. The first-order valence-electron chi connectivity index (χ1n) is 12.4. The second-order valence-electron chi connectivity index (χ2n) is 8.99. The first-order valence-corrected chi connectivity index (χ1v) is 13.1. The van der Waals surface area contributed by atoms with E-state index < -0.39 is 11.5 Å². The number of hydrogen-bond donors (Lipinski definition) is 3. The minimum absolute atomic E-state index is 0.0290. The monoisotopic (exact) mass is 557 g/mol. The summed E-state index contributed by atoms with van der Waals surface area (Å²) < 4.78 is 7.05. The van der Waals surface area contributed by atoms with Crippen molar-refractivity contribution in [2.24, 2.45) is 0 Å². The van der Waals surface area contributed by atoms with Crippen LogP contribution in [0.15, 0.2) is 59.5 Å².